The molecular weight excluding hydrogens is 349 g/mol. The molecule has 0 aliphatic heterocycles. The third-order valence-corrected chi connectivity index (χ3v) is 3.42. The molecule has 0 saturated heterocycles. The standard InChI is InChI=1S/C18H19F3N2O3/c1-25-15-6-8-16(9-7-15)26-11-10-22-17(24)12-23-14-4-2-13(3-5-14)18(19,20)21/h2-9,23H,10-12H2,1H3,(H,22,24). The molecule has 0 aliphatic rings. The Morgan fingerprint density at radius 2 is 1.62 bits per heavy atom. The van der Waals surface area contributed by atoms with Crippen LogP contribution in [0, 0.1) is 0 Å². The van der Waals surface area contributed by atoms with E-state index in [1.165, 1.54) is 12.1 Å². The van der Waals surface area contributed by atoms with Crippen LogP contribution in [0.1, 0.15) is 5.56 Å². The van der Waals surface area contributed by atoms with Gasteiger partial charge in [0, 0.05) is 5.69 Å². The molecule has 1 amide bonds. The Morgan fingerprint density at radius 1 is 1.00 bits per heavy atom. The van der Waals surface area contributed by atoms with Gasteiger partial charge in [-0.25, -0.2) is 0 Å². The molecule has 2 rings (SSSR count). The SMILES string of the molecule is COc1ccc(OCCNC(=O)CNc2ccc(C(F)(F)F)cc2)cc1. The van der Waals surface area contributed by atoms with E-state index in [-0.39, 0.29) is 12.5 Å². The summed E-state index contributed by atoms with van der Waals surface area (Å²) >= 11 is 0. The molecule has 2 N–H and O–H groups in total. The molecule has 0 saturated carbocycles. The van der Waals surface area contributed by atoms with Crippen LogP contribution in [0.2, 0.25) is 0 Å². The van der Waals surface area contributed by atoms with Gasteiger partial charge in [-0.2, -0.15) is 13.2 Å². The van der Waals surface area contributed by atoms with Gasteiger partial charge in [-0.05, 0) is 48.5 Å². The van der Waals surface area contributed by atoms with Crippen molar-refractivity contribution < 1.29 is 27.4 Å². The highest BCUT2D eigenvalue weighted by molar-refractivity contribution is 5.80. The van der Waals surface area contributed by atoms with E-state index in [2.05, 4.69) is 10.6 Å². The second-order valence-corrected chi connectivity index (χ2v) is 5.30. The molecule has 2 aromatic rings. The van der Waals surface area contributed by atoms with Crippen LogP contribution in [-0.4, -0.2) is 32.7 Å². The van der Waals surface area contributed by atoms with Crippen LogP contribution >= 0.6 is 0 Å². The smallest absolute Gasteiger partial charge is 0.416 e. The monoisotopic (exact) mass is 368 g/mol. The lowest BCUT2D eigenvalue weighted by Gasteiger charge is -2.10. The molecule has 2 aromatic carbocycles. The van der Waals surface area contributed by atoms with Crippen molar-refractivity contribution >= 4 is 11.6 Å². The van der Waals surface area contributed by atoms with Gasteiger partial charge in [0.1, 0.15) is 18.1 Å². The molecule has 0 atom stereocenters. The number of anilines is 1. The molecule has 0 aliphatic carbocycles. The second-order valence-electron chi connectivity index (χ2n) is 5.30. The molecular formula is C18H19F3N2O3. The molecule has 0 bridgehead atoms. The first-order chi connectivity index (χ1) is 12.4. The Hall–Kier alpha value is -2.90. The van der Waals surface area contributed by atoms with E-state index in [0.717, 1.165) is 17.9 Å². The van der Waals surface area contributed by atoms with Crippen molar-refractivity contribution in [1.82, 2.24) is 5.32 Å². The quantitative estimate of drug-likeness (QED) is 0.702. The summed E-state index contributed by atoms with van der Waals surface area (Å²) in [6.07, 6.45) is -4.38. The summed E-state index contributed by atoms with van der Waals surface area (Å²) in [5.74, 6) is 1.09. The zero-order chi connectivity index (χ0) is 19.0. The van der Waals surface area contributed by atoms with Crippen molar-refractivity contribution in [2.45, 2.75) is 6.18 Å². The summed E-state index contributed by atoms with van der Waals surface area (Å²) in [6, 6.07) is 11.5. The van der Waals surface area contributed by atoms with Crippen LogP contribution in [0.25, 0.3) is 0 Å². The van der Waals surface area contributed by atoms with Crippen molar-refractivity contribution in [3.05, 3.63) is 54.1 Å². The van der Waals surface area contributed by atoms with Crippen molar-refractivity contribution in [2.24, 2.45) is 0 Å². The van der Waals surface area contributed by atoms with Crippen LogP contribution in [0.5, 0.6) is 11.5 Å². The van der Waals surface area contributed by atoms with E-state index in [0.29, 0.717) is 24.6 Å². The zero-order valence-electron chi connectivity index (χ0n) is 14.1. The van der Waals surface area contributed by atoms with Gasteiger partial charge in [0.05, 0.1) is 25.8 Å². The Bertz CT molecular complexity index is 701. The number of alkyl halides is 3. The summed E-state index contributed by atoms with van der Waals surface area (Å²) in [5, 5.41) is 5.41. The van der Waals surface area contributed by atoms with Crippen molar-refractivity contribution in [2.75, 3.05) is 32.1 Å². The maximum atomic E-state index is 12.5. The Labute approximate surface area is 149 Å². The summed E-state index contributed by atoms with van der Waals surface area (Å²) in [6.45, 7) is 0.547. The number of carbonyl (C=O) groups is 1. The van der Waals surface area contributed by atoms with Crippen LogP contribution in [0.15, 0.2) is 48.5 Å². The average molecular weight is 368 g/mol. The number of ether oxygens (including phenoxy) is 2. The number of hydrogen-bond acceptors (Lipinski definition) is 4. The van der Waals surface area contributed by atoms with Gasteiger partial charge in [-0.3, -0.25) is 4.79 Å². The first kappa shape index (κ1) is 19.4. The fourth-order valence-corrected chi connectivity index (χ4v) is 2.05. The molecule has 0 radical (unpaired) electrons. The number of hydrogen-bond donors (Lipinski definition) is 2. The lowest BCUT2D eigenvalue weighted by atomic mass is 10.2. The number of amides is 1. The van der Waals surface area contributed by atoms with Crippen molar-refractivity contribution in [3.63, 3.8) is 0 Å². The molecule has 0 aromatic heterocycles. The lowest BCUT2D eigenvalue weighted by molar-refractivity contribution is -0.137. The molecule has 0 heterocycles. The van der Waals surface area contributed by atoms with E-state index in [4.69, 9.17) is 9.47 Å². The molecule has 26 heavy (non-hydrogen) atoms. The zero-order valence-corrected chi connectivity index (χ0v) is 14.1. The van der Waals surface area contributed by atoms with Crippen molar-refractivity contribution in [3.8, 4) is 11.5 Å². The first-order valence-corrected chi connectivity index (χ1v) is 7.83. The van der Waals surface area contributed by atoms with Gasteiger partial charge in [-0.15, -0.1) is 0 Å². The summed E-state index contributed by atoms with van der Waals surface area (Å²) in [4.78, 5) is 11.7. The third kappa shape index (κ3) is 6.19. The summed E-state index contributed by atoms with van der Waals surface area (Å²) in [7, 11) is 1.57. The molecule has 0 fully saturated rings. The minimum absolute atomic E-state index is 0.0477. The maximum absolute atomic E-state index is 12.5. The van der Waals surface area contributed by atoms with Crippen LogP contribution in [0.4, 0.5) is 18.9 Å². The van der Waals surface area contributed by atoms with Gasteiger partial charge in [-0.1, -0.05) is 0 Å². The number of halogens is 3. The summed E-state index contributed by atoms with van der Waals surface area (Å²) < 4.78 is 47.9. The van der Waals surface area contributed by atoms with Crippen molar-refractivity contribution in [1.29, 1.82) is 0 Å². The van der Waals surface area contributed by atoms with Gasteiger partial charge < -0.3 is 20.1 Å². The van der Waals surface area contributed by atoms with Gasteiger partial charge in [0.25, 0.3) is 0 Å². The molecule has 5 nitrogen and oxygen atoms in total. The minimum Gasteiger partial charge on any atom is -0.497 e. The first-order valence-electron chi connectivity index (χ1n) is 7.83. The maximum Gasteiger partial charge on any atom is 0.416 e. The molecule has 0 spiro atoms. The second kappa shape index (κ2) is 8.98. The highest BCUT2D eigenvalue weighted by Gasteiger charge is 2.29. The molecule has 140 valence electrons. The van der Waals surface area contributed by atoms with E-state index in [1.807, 2.05) is 0 Å². The highest BCUT2D eigenvalue weighted by atomic mass is 19.4. The topological polar surface area (TPSA) is 59.6 Å². The Kier molecular flexibility index (Phi) is 6.71. The van der Waals surface area contributed by atoms with Crippen LogP contribution in [-0.2, 0) is 11.0 Å². The van der Waals surface area contributed by atoms with Gasteiger partial charge in [0.2, 0.25) is 5.91 Å². The number of benzene rings is 2. The van der Waals surface area contributed by atoms with Crippen LogP contribution in [0.3, 0.4) is 0 Å². The fraction of sp³-hybridized carbons (Fsp3) is 0.278. The van der Waals surface area contributed by atoms with E-state index in [1.54, 1.807) is 31.4 Å². The number of carbonyl (C=O) groups excluding carboxylic acids is 1. The number of methoxy groups -OCH3 is 1. The van der Waals surface area contributed by atoms with E-state index < -0.39 is 11.7 Å². The normalized spacial score (nSPS) is 10.9. The molecule has 0 unspecified atom stereocenters. The van der Waals surface area contributed by atoms with E-state index in [9.17, 15) is 18.0 Å². The fourth-order valence-electron chi connectivity index (χ4n) is 2.05. The predicted molar refractivity (Wildman–Crippen MR) is 91.4 cm³/mol. The average Bonchev–Trinajstić information content (AvgIpc) is 2.63. The predicted octanol–water partition coefficient (Wildman–Crippen LogP) is 3.32. The third-order valence-electron chi connectivity index (χ3n) is 3.42. The number of nitrogens with one attached hydrogen (secondary N) is 2. The Morgan fingerprint density at radius 3 is 2.19 bits per heavy atom. The highest BCUT2D eigenvalue weighted by Crippen LogP contribution is 2.29. The van der Waals surface area contributed by atoms with Crippen LogP contribution < -0.4 is 20.1 Å². The minimum atomic E-state index is -4.38. The van der Waals surface area contributed by atoms with Gasteiger partial charge in [0.15, 0.2) is 0 Å². The largest absolute Gasteiger partial charge is 0.497 e. The lowest BCUT2D eigenvalue weighted by Crippen LogP contribution is -2.33. The molecule has 8 heteroatoms. The Balaban J connectivity index is 1.65. The van der Waals surface area contributed by atoms with E-state index >= 15 is 0 Å². The summed E-state index contributed by atoms with van der Waals surface area (Å²) in [5.41, 5.74) is -0.300. The van der Waals surface area contributed by atoms with Gasteiger partial charge >= 0.3 is 6.18 Å². The number of rotatable bonds is 8.